The van der Waals surface area contributed by atoms with Gasteiger partial charge < -0.3 is 0 Å². The molecule has 1 aliphatic rings. The highest BCUT2D eigenvalue weighted by Gasteiger charge is 2.39. The number of hydrogen-bond acceptors (Lipinski definition) is 5. The first-order valence-electron chi connectivity index (χ1n) is 10.7. The lowest BCUT2D eigenvalue weighted by Gasteiger charge is -2.31. The molecule has 1 saturated carbocycles. The SMILES string of the molecule is N#CCn1c(C2CCC(F)(F)CC2)c(-c2ccnc(C(F)(F)F)c2)c(=O)n(-c2cncc(Cl)c2)c1=O. The standard InChI is InChI=1S/C23H17ClF5N5O2/c24-15-10-16(12-31-11-15)34-20(35)18(14-3-7-32-17(9-14)23(27,28)29)19(33(8-6-30)21(34)36)13-1-4-22(25,26)5-2-13/h3,7,9-13H,1-2,4-5,8H2. The van der Waals surface area contributed by atoms with Crippen LogP contribution in [0.4, 0.5) is 22.0 Å². The predicted molar refractivity (Wildman–Crippen MR) is 119 cm³/mol. The summed E-state index contributed by atoms with van der Waals surface area (Å²) in [4.78, 5) is 34.4. The number of nitriles is 1. The van der Waals surface area contributed by atoms with E-state index in [4.69, 9.17) is 11.6 Å². The highest BCUT2D eigenvalue weighted by atomic mass is 35.5. The molecule has 1 fully saturated rings. The molecule has 4 rings (SSSR count). The first-order chi connectivity index (χ1) is 16.9. The smallest absolute Gasteiger partial charge is 0.283 e. The molecule has 0 N–H and O–H groups in total. The van der Waals surface area contributed by atoms with Crippen LogP contribution in [0.1, 0.15) is 43.0 Å². The highest BCUT2D eigenvalue weighted by molar-refractivity contribution is 6.30. The van der Waals surface area contributed by atoms with Crippen LogP contribution in [-0.2, 0) is 12.7 Å². The molecular formula is C23H17ClF5N5O2. The molecule has 3 aromatic heterocycles. The summed E-state index contributed by atoms with van der Waals surface area (Å²) in [6.07, 6.45) is -2.91. The van der Waals surface area contributed by atoms with Crippen LogP contribution in [-0.4, -0.2) is 25.0 Å². The average molecular weight is 526 g/mol. The van der Waals surface area contributed by atoms with Crippen LogP contribution >= 0.6 is 11.6 Å². The van der Waals surface area contributed by atoms with E-state index in [0.717, 1.165) is 23.0 Å². The summed E-state index contributed by atoms with van der Waals surface area (Å²) in [5.41, 5.74) is -3.91. The van der Waals surface area contributed by atoms with Crippen molar-refractivity contribution in [1.29, 1.82) is 5.26 Å². The molecule has 0 atom stereocenters. The summed E-state index contributed by atoms with van der Waals surface area (Å²) in [6.45, 7) is -0.570. The van der Waals surface area contributed by atoms with Crippen LogP contribution in [0, 0.1) is 11.3 Å². The fraction of sp³-hybridized carbons (Fsp3) is 0.348. The van der Waals surface area contributed by atoms with Crippen molar-refractivity contribution in [3.63, 3.8) is 0 Å². The lowest BCUT2D eigenvalue weighted by molar-refractivity contribution is -0.141. The molecule has 3 aromatic rings. The van der Waals surface area contributed by atoms with Crippen molar-refractivity contribution in [3.05, 3.63) is 74.0 Å². The van der Waals surface area contributed by atoms with E-state index in [9.17, 15) is 36.8 Å². The zero-order valence-electron chi connectivity index (χ0n) is 18.4. The van der Waals surface area contributed by atoms with Gasteiger partial charge in [-0.15, -0.1) is 0 Å². The van der Waals surface area contributed by atoms with E-state index in [2.05, 4.69) is 9.97 Å². The second-order valence-electron chi connectivity index (χ2n) is 8.35. The van der Waals surface area contributed by atoms with Crippen molar-refractivity contribution in [1.82, 2.24) is 19.1 Å². The Morgan fingerprint density at radius 3 is 2.47 bits per heavy atom. The van der Waals surface area contributed by atoms with E-state index in [0.29, 0.717) is 10.6 Å². The molecule has 0 bridgehead atoms. The van der Waals surface area contributed by atoms with E-state index in [-0.39, 0.29) is 40.4 Å². The van der Waals surface area contributed by atoms with Crippen molar-refractivity contribution in [2.24, 2.45) is 0 Å². The minimum atomic E-state index is -4.83. The molecule has 0 spiro atoms. The predicted octanol–water partition coefficient (Wildman–Crippen LogP) is 4.94. The molecular weight excluding hydrogens is 509 g/mol. The number of halogens is 6. The minimum Gasteiger partial charge on any atom is -0.283 e. The largest absolute Gasteiger partial charge is 0.433 e. The van der Waals surface area contributed by atoms with Crippen LogP contribution in [0.5, 0.6) is 0 Å². The van der Waals surface area contributed by atoms with Crippen LogP contribution < -0.4 is 11.2 Å². The summed E-state index contributed by atoms with van der Waals surface area (Å²) in [6, 6.07) is 4.88. The Morgan fingerprint density at radius 2 is 1.86 bits per heavy atom. The monoisotopic (exact) mass is 525 g/mol. The van der Waals surface area contributed by atoms with Gasteiger partial charge in [0.25, 0.3) is 5.56 Å². The molecule has 0 unspecified atom stereocenters. The van der Waals surface area contributed by atoms with Crippen LogP contribution in [0.3, 0.4) is 0 Å². The number of alkyl halides is 5. The Balaban J connectivity index is 2.09. The average Bonchev–Trinajstić information content (AvgIpc) is 2.80. The second kappa shape index (κ2) is 9.46. The molecule has 0 aliphatic heterocycles. The van der Waals surface area contributed by atoms with Gasteiger partial charge in [0, 0.05) is 36.8 Å². The molecule has 36 heavy (non-hydrogen) atoms. The van der Waals surface area contributed by atoms with Crippen molar-refractivity contribution < 1.29 is 22.0 Å². The molecule has 1 aliphatic carbocycles. The van der Waals surface area contributed by atoms with E-state index < -0.39 is 54.3 Å². The maximum Gasteiger partial charge on any atom is 0.433 e. The summed E-state index contributed by atoms with van der Waals surface area (Å²) in [7, 11) is 0. The third kappa shape index (κ3) is 4.88. The molecule has 0 aromatic carbocycles. The van der Waals surface area contributed by atoms with Gasteiger partial charge in [-0.2, -0.15) is 18.4 Å². The Morgan fingerprint density at radius 1 is 1.17 bits per heavy atom. The third-order valence-electron chi connectivity index (χ3n) is 6.01. The Bertz CT molecular complexity index is 1470. The van der Waals surface area contributed by atoms with Gasteiger partial charge in [-0.3, -0.25) is 19.3 Å². The Labute approximate surface area is 205 Å². The number of hydrogen-bond donors (Lipinski definition) is 0. The van der Waals surface area contributed by atoms with Gasteiger partial charge in [0.2, 0.25) is 5.92 Å². The van der Waals surface area contributed by atoms with Crippen LogP contribution in [0.2, 0.25) is 5.02 Å². The van der Waals surface area contributed by atoms with Gasteiger partial charge >= 0.3 is 11.9 Å². The number of rotatable bonds is 4. The summed E-state index contributed by atoms with van der Waals surface area (Å²) in [5.74, 6) is -3.72. The molecule has 0 saturated heterocycles. The molecule has 13 heteroatoms. The quantitative estimate of drug-likeness (QED) is 0.450. The zero-order valence-corrected chi connectivity index (χ0v) is 19.2. The van der Waals surface area contributed by atoms with Gasteiger partial charge in [0.1, 0.15) is 12.2 Å². The zero-order chi connectivity index (χ0) is 26.3. The summed E-state index contributed by atoms with van der Waals surface area (Å²) >= 11 is 5.96. The molecule has 0 amide bonds. The van der Waals surface area contributed by atoms with E-state index >= 15 is 0 Å². The molecule has 3 heterocycles. The second-order valence-corrected chi connectivity index (χ2v) is 8.78. The number of nitrogens with zero attached hydrogens (tertiary/aromatic N) is 5. The van der Waals surface area contributed by atoms with Crippen molar-refractivity contribution >= 4 is 11.6 Å². The van der Waals surface area contributed by atoms with Gasteiger partial charge in [0.05, 0.1) is 28.5 Å². The summed E-state index contributed by atoms with van der Waals surface area (Å²) in [5, 5.41) is 9.51. The molecule has 0 radical (unpaired) electrons. The lowest BCUT2D eigenvalue weighted by atomic mass is 9.82. The van der Waals surface area contributed by atoms with Gasteiger partial charge in [-0.25, -0.2) is 18.1 Å². The van der Waals surface area contributed by atoms with E-state index in [1.807, 2.05) is 6.07 Å². The first kappa shape index (κ1) is 25.5. The normalized spacial score (nSPS) is 16.0. The maximum atomic E-state index is 13.9. The van der Waals surface area contributed by atoms with Crippen molar-refractivity contribution in [2.75, 3.05) is 0 Å². The fourth-order valence-corrected chi connectivity index (χ4v) is 4.56. The van der Waals surface area contributed by atoms with Crippen molar-refractivity contribution in [2.45, 2.75) is 50.2 Å². The van der Waals surface area contributed by atoms with Crippen LogP contribution in [0.25, 0.3) is 16.8 Å². The maximum absolute atomic E-state index is 13.9. The van der Waals surface area contributed by atoms with E-state index in [1.54, 1.807) is 0 Å². The minimum absolute atomic E-state index is 0.0624. The van der Waals surface area contributed by atoms with Crippen molar-refractivity contribution in [3.8, 4) is 22.9 Å². The fourth-order valence-electron chi connectivity index (χ4n) is 4.39. The Kier molecular flexibility index (Phi) is 6.70. The van der Waals surface area contributed by atoms with Crippen LogP contribution in [0.15, 0.2) is 46.4 Å². The van der Waals surface area contributed by atoms with E-state index in [1.165, 1.54) is 12.3 Å². The molecule has 7 nitrogen and oxygen atoms in total. The topological polar surface area (TPSA) is 93.6 Å². The third-order valence-corrected chi connectivity index (χ3v) is 6.21. The summed E-state index contributed by atoms with van der Waals surface area (Å²) < 4.78 is 69.7. The number of pyridine rings is 2. The Hall–Kier alpha value is -3.59. The van der Waals surface area contributed by atoms with Gasteiger partial charge in [-0.1, -0.05) is 11.6 Å². The molecule has 188 valence electrons. The number of aromatic nitrogens is 4. The van der Waals surface area contributed by atoms with Gasteiger partial charge in [-0.05, 0) is 36.6 Å². The van der Waals surface area contributed by atoms with Gasteiger partial charge in [0.15, 0.2) is 0 Å². The first-order valence-corrected chi connectivity index (χ1v) is 11.1. The highest BCUT2D eigenvalue weighted by Crippen LogP contribution is 2.43. The lowest BCUT2D eigenvalue weighted by Crippen LogP contribution is -2.43.